The Morgan fingerprint density at radius 2 is 1.86 bits per heavy atom. The van der Waals surface area contributed by atoms with Crippen LogP contribution in [-0.2, 0) is 15.1 Å². The smallest absolute Gasteiger partial charge is 0.331 e. The van der Waals surface area contributed by atoms with Gasteiger partial charge in [0.15, 0.2) is 11.6 Å². The topological polar surface area (TPSA) is 105 Å². The summed E-state index contributed by atoms with van der Waals surface area (Å²) in [6.45, 7) is 5.98. The minimum absolute atomic E-state index is 0.249. The molecule has 22 heavy (non-hydrogen) atoms. The van der Waals surface area contributed by atoms with Crippen LogP contribution >= 0.6 is 0 Å². The zero-order valence-corrected chi connectivity index (χ0v) is 13.1. The molecule has 2 N–H and O–H groups in total. The highest BCUT2D eigenvalue weighted by Crippen LogP contribution is 2.36. The quantitative estimate of drug-likeness (QED) is 0.519. The Bertz CT molecular complexity index is 608. The number of carbonyl (C=O) groups excluding carboxylic acids is 1. The average molecular weight is 314 g/mol. The fraction of sp³-hybridized carbons (Fsp3) is 0.500. The third kappa shape index (κ3) is 3.51. The van der Waals surface area contributed by atoms with E-state index in [1.807, 2.05) is 0 Å². The Kier molecular flexibility index (Phi) is 4.76. The third-order valence-corrected chi connectivity index (χ3v) is 2.84. The SMILES string of the molecule is COc1ccc([N+](=O)[O-])c([C@](C)(N)C(=O)OC(C)(C)C)c1F. The van der Waals surface area contributed by atoms with E-state index in [2.05, 4.69) is 0 Å². The zero-order valence-electron chi connectivity index (χ0n) is 13.1. The molecule has 0 unspecified atom stereocenters. The molecule has 1 rings (SSSR count). The van der Waals surface area contributed by atoms with Crippen LogP contribution in [-0.4, -0.2) is 23.6 Å². The van der Waals surface area contributed by atoms with Crippen molar-refractivity contribution in [1.82, 2.24) is 0 Å². The van der Waals surface area contributed by atoms with Crippen LogP contribution in [0.3, 0.4) is 0 Å². The lowest BCUT2D eigenvalue weighted by molar-refractivity contribution is -0.386. The predicted molar refractivity (Wildman–Crippen MR) is 77.0 cm³/mol. The maximum Gasteiger partial charge on any atom is 0.331 e. The van der Waals surface area contributed by atoms with Crippen molar-refractivity contribution >= 4 is 11.7 Å². The third-order valence-electron chi connectivity index (χ3n) is 2.84. The molecule has 0 heterocycles. The number of methoxy groups -OCH3 is 1. The number of ether oxygens (including phenoxy) is 2. The van der Waals surface area contributed by atoms with Crippen molar-refractivity contribution in [3.05, 3.63) is 33.6 Å². The normalized spacial score (nSPS) is 14.1. The highest BCUT2D eigenvalue weighted by Gasteiger charge is 2.43. The Hall–Kier alpha value is -2.22. The Morgan fingerprint density at radius 1 is 1.32 bits per heavy atom. The molecule has 0 saturated heterocycles. The van der Waals surface area contributed by atoms with Crippen molar-refractivity contribution < 1.29 is 23.6 Å². The van der Waals surface area contributed by atoms with Gasteiger partial charge < -0.3 is 15.2 Å². The molecular formula is C14H19FN2O5. The second-order valence-corrected chi connectivity index (χ2v) is 5.94. The van der Waals surface area contributed by atoms with Crippen LogP contribution < -0.4 is 10.5 Å². The van der Waals surface area contributed by atoms with Crippen LogP contribution in [0.15, 0.2) is 12.1 Å². The molecule has 7 nitrogen and oxygen atoms in total. The second-order valence-electron chi connectivity index (χ2n) is 5.94. The summed E-state index contributed by atoms with van der Waals surface area (Å²) in [5.74, 6) is -2.29. The summed E-state index contributed by atoms with van der Waals surface area (Å²) >= 11 is 0. The van der Waals surface area contributed by atoms with Gasteiger partial charge in [-0.1, -0.05) is 0 Å². The molecule has 0 radical (unpaired) electrons. The highest BCUT2D eigenvalue weighted by atomic mass is 19.1. The van der Waals surface area contributed by atoms with Gasteiger partial charge in [0.25, 0.3) is 5.69 Å². The van der Waals surface area contributed by atoms with Gasteiger partial charge >= 0.3 is 5.97 Å². The van der Waals surface area contributed by atoms with Crippen molar-refractivity contribution in [2.24, 2.45) is 5.73 Å². The summed E-state index contributed by atoms with van der Waals surface area (Å²) in [4.78, 5) is 22.5. The second kappa shape index (κ2) is 5.88. The van der Waals surface area contributed by atoms with Gasteiger partial charge in [-0.05, 0) is 33.8 Å². The molecule has 0 fully saturated rings. The molecule has 0 bridgehead atoms. The molecule has 0 spiro atoms. The molecule has 0 aromatic heterocycles. The first-order chi connectivity index (χ1) is 9.91. The molecule has 0 aliphatic rings. The number of nitro groups is 1. The highest BCUT2D eigenvalue weighted by molar-refractivity contribution is 5.84. The monoisotopic (exact) mass is 314 g/mol. The maximum absolute atomic E-state index is 14.5. The fourth-order valence-electron chi connectivity index (χ4n) is 1.84. The van der Waals surface area contributed by atoms with Gasteiger partial charge in [-0.25, -0.2) is 9.18 Å². The summed E-state index contributed by atoms with van der Waals surface area (Å²) < 4.78 is 24.4. The lowest BCUT2D eigenvalue weighted by Gasteiger charge is -2.28. The lowest BCUT2D eigenvalue weighted by Crippen LogP contribution is -2.47. The summed E-state index contributed by atoms with van der Waals surface area (Å²) in [6.07, 6.45) is 0. The summed E-state index contributed by atoms with van der Waals surface area (Å²) in [5, 5.41) is 11.1. The van der Waals surface area contributed by atoms with Crippen LogP contribution in [0, 0.1) is 15.9 Å². The minimum Gasteiger partial charge on any atom is -0.494 e. The van der Waals surface area contributed by atoms with E-state index in [1.54, 1.807) is 20.8 Å². The van der Waals surface area contributed by atoms with E-state index in [1.165, 1.54) is 7.11 Å². The Balaban J connectivity index is 3.51. The molecule has 1 aromatic rings. The van der Waals surface area contributed by atoms with Gasteiger partial charge in [0.2, 0.25) is 0 Å². The first-order valence-electron chi connectivity index (χ1n) is 6.45. The first-order valence-corrected chi connectivity index (χ1v) is 6.45. The van der Waals surface area contributed by atoms with E-state index in [0.29, 0.717) is 0 Å². The molecule has 8 heteroatoms. The molecule has 0 aliphatic carbocycles. The van der Waals surface area contributed by atoms with Gasteiger partial charge in [-0.2, -0.15) is 0 Å². The number of hydrogen-bond acceptors (Lipinski definition) is 6. The molecule has 122 valence electrons. The van der Waals surface area contributed by atoms with Crippen LogP contribution in [0.1, 0.15) is 33.3 Å². The van der Waals surface area contributed by atoms with Crippen LogP contribution in [0.25, 0.3) is 0 Å². The number of halogens is 1. The number of nitrogens with two attached hydrogens (primary N) is 1. The maximum atomic E-state index is 14.5. The number of carbonyl (C=O) groups is 1. The van der Waals surface area contributed by atoms with Crippen molar-refractivity contribution in [1.29, 1.82) is 0 Å². The number of hydrogen-bond donors (Lipinski definition) is 1. The molecule has 0 amide bonds. The summed E-state index contributed by atoms with van der Waals surface area (Å²) in [5.41, 5.74) is 1.76. The molecule has 1 atom stereocenters. The molecule has 0 saturated carbocycles. The van der Waals surface area contributed by atoms with E-state index < -0.39 is 39.1 Å². The van der Waals surface area contributed by atoms with Crippen LogP contribution in [0.5, 0.6) is 5.75 Å². The van der Waals surface area contributed by atoms with E-state index in [0.717, 1.165) is 19.1 Å². The minimum atomic E-state index is -2.05. The number of esters is 1. The molecule has 0 aliphatic heterocycles. The summed E-state index contributed by atoms with van der Waals surface area (Å²) in [7, 11) is 1.20. The summed E-state index contributed by atoms with van der Waals surface area (Å²) in [6, 6.07) is 2.13. The van der Waals surface area contributed by atoms with Gasteiger partial charge in [0.1, 0.15) is 16.7 Å². The predicted octanol–water partition coefficient (Wildman–Crippen LogP) is 2.26. The largest absolute Gasteiger partial charge is 0.494 e. The van der Waals surface area contributed by atoms with E-state index >= 15 is 0 Å². The van der Waals surface area contributed by atoms with Crippen molar-refractivity contribution in [2.45, 2.75) is 38.8 Å². The average Bonchev–Trinajstić information content (AvgIpc) is 2.35. The van der Waals surface area contributed by atoms with Crippen LogP contribution in [0.2, 0.25) is 0 Å². The van der Waals surface area contributed by atoms with Gasteiger partial charge in [0, 0.05) is 6.07 Å². The van der Waals surface area contributed by atoms with Gasteiger partial charge in [-0.15, -0.1) is 0 Å². The lowest BCUT2D eigenvalue weighted by atomic mass is 9.90. The number of rotatable bonds is 4. The van der Waals surface area contributed by atoms with E-state index in [4.69, 9.17) is 15.2 Å². The van der Waals surface area contributed by atoms with Gasteiger partial charge in [-0.3, -0.25) is 10.1 Å². The molecule has 1 aromatic carbocycles. The fourth-order valence-corrected chi connectivity index (χ4v) is 1.84. The van der Waals surface area contributed by atoms with Crippen molar-refractivity contribution in [2.75, 3.05) is 7.11 Å². The Morgan fingerprint density at radius 3 is 2.27 bits per heavy atom. The van der Waals surface area contributed by atoms with Crippen molar-refractivity contribution in [3.8, 4) is 5.75 Å². The first kappa shape index (κ1) is 17.8. The van der Waals surface area contributed by atoms with Gasteiger partial charge in [0.05, 0.1) is 12.0 Å². The Labute approximate surface area is 127 Å². The van der Waals surface area contributed by atoms with Crippen molar-refractivity contribution in [3.63, 3.8) is 0 Å². The number of nitro benzene ring substituents is 1. The standard InChI is InChI=1S/C14H19FN2O5/c1-13(2,3)22-12(18)14(4,16)10-8(17(19)20)6-7-9(21-5)11(10)15/h6-7H,16H2,1-5H3/t14-/m0/s1. The van der Waals surface area contributed by atoms with E-state index in [-0.39, 0.29) is 5.75 Å². The van der Waals surface area contributed by atoms with Crippen LogP contribution in [0.4, 0.5) is 10.1 Å². The number of nitrogens with zero attached hydrogens (tertiary/aromatic N) is 1. The zero-order chi connectivity index (χ0) is 17.3. The molecular weight excluding hydrogens is 295 g/mol. The van der Waals surface area contributed by atoms with E-state index in [9.17, 15) is 19.3 Å². The number of benzene rings is 1.